The molecule has 1 aliphatic rings. The SMILES string of the molecule is COC(=O)CCc1cc(-c2ccc(NCc3cccc(C)c3)nc2)ccc1OC.COC(=O)CCc1cc(Br)ccc1OC.COc1ccc(-c2ccc(NCc3cccc(C)c3)nc2)cc1CCC(=O)O.Cc1cccc(CNc2ccc(B3OC(C)(C)C(C)(C)O3)cn2)c1. The van der Waals surface area contributed by atoms with E-state index in [2.05, 4.69) is 173 Å². The molecule has 1 saturated heterocycles. The van der Waals surface area contributed by atoms with E-state index >= 15 is 0 Å². The van der Waals surface area contributed by atoms with Gasteiger partial charge in [0.05, 0.1) is 46.8 Å². The third-order valence-corrected chi connectivity index (χ3v) is 16.7. The number of aromatic nitrogens is 3. The standard InChI is InChI=1S/C24H26N2O3.C23H24N2O3.C19H25BN2O2.C11H13BrO3/c1-17-5-4-6-18(13-17)15-25-23-11-8-21(16-26-23)19-7-10-22(28-2)20(14-19)9-12-24(27)29-3;1-16-4-3-5-17(12-16)14-24-22-10-7-20(15-25-22)18-6-9-21(28-2)19(13-18)8-11-23(26)27;1-14-7-6-8-15(11-14)12-21-17-10-9-16(13-22-17)20-23-18(2,3)19(4,5)24-20;1-14-10-5-4-9(12)7-8(10)3-6-11(13)15-2/h4-8,10-11,13-14,16H,9,12,15H2,1-3H3,(H,25,26);3-7,9-10,12-13,15H,8,11,14H2,1-2H3,(H,24,25)(H,26,27);6-11,13H,12H2,1-5H3,(H,21,22);4-5,7H,3,6H2,1-2H3. The maximum absolute atomic E-state index is 11.5. The smallest absolute Gasteiger partial charge is 0.496 e. The van der Waals surface area contributed by atoms with E-state index in [-0.39, 0.29) is 36.7 Å². The number of halogens is 1. The van der Waals surface area contributed by atoms with Crippen LogP contribution in [0.5, 0.6) is 17.2 Å². The quantitative estimate of drug-likeness (QED) is 0.0327. The van der Waals surface area contributed by atoms with Crippen molar-refractivity contribution in [1.29, 1.82) is 0 Å². The Labute approximate surface area is 574 Å². The van der Waals surface area contributed by atoms with Gasteiger partial charge in [-0.2, -0.15) is 0 Å². The Balaban J connectivity index is 0.000000185. The molecular formula is C77H88BBrN6O11. The van der Waals surface area contributed by atoms with Crippen LogP contribution >= 0.6 is 15.9 Å². The molecule has 0 unspecified atom stereocenters. The van der Waals surface area contributed by atoms with Crippen LogP contribution in [0.4, 0.5) is 17.5 Å². The minimum Gasteiger partial charge on any atom is -0.496 e. The summed E-state index contributed by atoms with van der Waals surface area (Å²) in [7, 11) is 7.26. The zero-order valence-corrected chi connectivity index (χ0v) is 58.6. The molecule has 17 nitrogen and oxygen atoms in total. The summed E-state index contributed by atoms with van der Waals surface area (Å²) in [5.74, 6) is 3.48. The maximum Gasteiger partial charge on any atom is 0.496 e. The van der Waals surface area contributed by atoms with Gasteiger partial charge >= 0.3 is 25.0 Å². The Hall–Kier alpha value is -9.56. The molecule has 1 aliphatic heterocycles. The van der Waals surface area contributed by atoms with Crippen LogP contribution in [-0.4, -0.2) is 91.8 Å². The largest absolute Gasteiger partial charge is 0.496 e. The lowest BCUT2D eigenvalue weighted by Gasteiger charge is -2.32. The van der Waals surface area contributed by atoms with E-state index in [0.29, 0.717) is 37.9 Å². The van der Waals surface area contributed by atoms with E-state index < -0.39 is 5.97 Å². The van der Waals surface area contributed by atoms with Crippen molar-refractivity contribution in [3.8, 4) is 39.5 Å². The lowest BCUT2D eigenvalue weighted by molar-refractivity contribution is -0.141. The number of pyridine rings is 3. The number of carboxylic acids is 1. The molecule has 1 fully saturated rings. The highest BCUT2D eigenvalue weighted by Crippen LogP contribution is 2.37. The summed E-state index contributed by atoms with van der Waals surface area (Å²) >= 11 is 3.38. The number of hydrogen-bond acceptors (Lipinski definition) is 16. The molecule has 0 saturated carbocycles. The normalized spacial score (nSPS) is 12.4. The Kier molecular flexibility index (Phi) is 28.0. The van der Waals surface area contributed by atoms with Crippen LogP contribution in [0.2, 0.25) is 0 Å². The molecule has 6 aromatic carbocycles. The van der Waals surface area contributed by atoms with E-state index in [4.69, 9.17) is 33.4 Å². The van der Waals surface area contributed by atoms with Crippen LogP contribution < -0.4 is 35.6 Å². The molecule has 0 bridgehead atoms. The number of esters is 2. The number of carboxylic acid groups (broad SMARTS) is 1. The molecule has 10 rings (SSSR count). The number of hydrogen-bond donors (Lipinski definition) is 4. The van der Waals surface area contributed by atoms with Gasteiger partial charge in [-0.05, 0) is 185 Å². The summed E-state index contributed by atoms with van der Waals surface area (Å²) in [5.41, 5.74) is 14.5. The van der Waals surface area contributed by atoms with Crippen molar-refractivity contribution in [3.63, 3.8) is 0 Å². The average molecular weight is 1360 g/mol. The number of methoxy groups -OCH3 is 5. The lowest BCUT2D eigenvalue weighted by Crippen LogP contribution is -2.41. The van der Waals surface area contributed by atoms with Gasteiger partial charge in [0, 0.05) is 78.5 Å². The first-order chi connectivity index (χ1) is 46.1. The van der Waals surface area contributed by atoms with Crippen LogP contribution in [0.1, 0.15) is 97.0 Å². The fourth-order valence-electron chi connectivity index (χ4n) is 10.2. The molecule has 0 amide bonds. The van der Waals surface area contributed by atoms with Gasteiger partial charge in [-0.1, -0.05) is 124 Å². The Morgan fingerprint density at radius 2 is 0.823 bits per heavy atom. The number of aryl methyl sites for hydroxylation is 6. The molecule has 502 valence electrons. The van der Waals surface area contributed by atoms with Crippen LogP contribution in [0, 0.1) is 20.8 Å². The van der Waals surface area contributed by atoms with Crippen LogP contribution in [0.25, 0.3) is 22.3 Å². The topological polar surface area (TPSA) is 211 Å². The first-order valence-electron chi connectivity index (χ1n) is 31.7. The van der Waals surface area contributed by atoms with Crippen molar-refractivity contribution < 1.29 is 52.5 Å². The molecule has 9 aromatic rings. The fraction of sp³-hybridized carbons (Fsp3) is 0.299. The van der Waals surface area contributed by atoms with Gasteiger partial charge in [0.25, 0.3) is 0 Å². The minimum absolute atomic E-state index is 0.0693. The molecule has 0 aliphatic carbocycles. The van der Waals surface area contributed by atoms with Gasteiger partial charge in [-0.3, -0.25) is 14.4 Å². The van der Waals surface area contributed by atoms with Crippen molar-refractivity contribution in [2.45, 2.75) is 118 Å². The van der Waals surface area contributed by atoms with E-state index in [1.165, 1.54) is 47.6 Å². The third-order valence-electron chi connectivity index (χ3n) is 16.2. The number of aliphatic carboxylic acids is 1. The predicted octanol–water partition coefficient (Wildman–Crippen LogP) is 15.3. The molecule has 4 heterocycles. The molecule has 0 spiro atoms. The lowest BCUT2D eigenvalue weighted by atomic mass is 9.80. The van der Waals surface area contributed by atoms with Gasteiger partial charge in [0.1, 0.15) is 34.7 Å². The summed E-state index contributed by atoms with van der Waals surface area (Å²) in [6.45, 7) is 16.7. The fourth-order valence-corrected chi connectivity index (χ4v) is 10.6. The van der Waals surface area contributed by atoms with Gasteiger partial charge in [-0.25, -0.2) is 15.0 Å². The summed E-state index contributed by atoms with van der Waals surface area (Å²) < 4.78 is 38.4. The van der Waals surface area contributed by atoms with Gasteiger partial charge in [0.15, 0.2) is 0 Å². The van der Waals surface area contributed by atoms with Gasteiger partial charge in [0.2, 0.25) is 0 Å². The number of rotatable bonds is 24. The maximum atomic E-state index is 11.5. The molecule has 4 N–H and O–H groups in total. The summed E-state index contributed by atoms with van der Waals surface area (Å²) in [5, 5.41) is 19.0. The zero-order chi connectivity index (χ0) is 69.2. The number of benzene rings is 6. The molecule has 3 aromatic heterocycles. The van der Waals surface area contributed by atoms with Crippen molar-refractivity contribution in [1.82, 2.24) is 15.0 Å². The Morgan fingerprint density at radius 3 is 1.17 bits per heavy atom. The second kappa shape index (κ2) is 36.4. The number of nitrogens with zero attached hydrogens (tertiary/aromatic N) is 3. The van der Waals surface area contributed by atoms with Crippen molar-refractivity contribution in [2.75, 3.05) is 51.5 Å². The highest BCUT2D eigenvalue weighted by atomic mass is 79.9. The molecule has 0 radical (unpaired) electrons. The number of anilines is 3. The van der Waals surface area contributed by atoms with Crippen molar-refractivity contribution >= 4 is 63.9 Å². The van der Waals surface area contributed by atoms with E-state index in [9.17, 15) is 14.4 Å². The van der Waals surface area contributed by atoms with Gasteiger partial charge in [-0.15, -0.1) is 0 Å². The average Bonchev–Trinajstić information content (AvgIpc) is 1.61. The monoisotopic (exact) mass is 1360 g/mol. The second-order valence-electron chi connectivity index (χ2n) is 24.0. The number of carbonyl (C=O) groups is 3. The van der Waals surface area contributed by atoms with Crippen molar-refractivity contribution in [2.24, 2.45) is 0 Å². The number of carbonyl (C=O) groups excluding carboxylic acids is 2. The Morgan fingerprint density at radius 1 is 0.458 bits per heavy atom. The highest BCUT2D eigenvalue weighted by Gasteiger charge is 2.51. The van der Waals surface area contributed by atoms with Crippen LogP contribution in [0.15, 0.2) is 187 Å². The van der Waals surface area contributed by atoms with Crippen LogP contribution in [-0.2, 0) is 72.1 Å². The highest BCUT2D eigenvalue weighted by molar-refractivity contribution is 9.10. The molecule has 96 heavy (non-hydrogen) atoms. The van der Waals surface area contributed by atoms with Crippen molar-refractivity contribution in [3.05, 3.63) is 237 Å². The first kappa shape index (κ1) is 73.8. The first-order valence-corrected chi connectivity index (χ1v) is 32.5. The predicted molar refractivity (Wildman–Crippen MR) is 385 cm³/mol. The molecular weight excluding hydrogens is 1280 g/mol. The summed E-state index contributed by atoms with van der Waals surface area (Å²) in [6, 6.07) is 54.7. The molecule has 19 heteroatoms. The van der Waals surface area contributed by atoms with E-state index in [1.54, 1.807) is 21.3 Å². The molecule has 0 atom stereocenters. The number of nitrogens with one attached hydrogen (secondary N) is 3. The van der Waals surface area contributed by atoms with Crippen LogP contribution in [0.3, 0.4) is 0 Å². The van der Waals surface area contributed by atoms with E-state index in [0.717, 1.165) is 97.5 Å². The second-order valence-corrected chi connectivity index (χ2v) is 24.9. The Bertz CT molecular complexity index is 3970. The van der Waals surface area contributed by atoms with E-state index in [1.807, 2.05) is 110 Å². The third kappa shape index (κ3) is 22.8. The minimum atomic E-state index is -0.821. The zero-order valence-electron chi connectivity index (χ0n) is 57.0. The van der Waals surface area contributed by atoms with Gasteiger partial charge < -0.3 is 54.0 Å². The summed E-state index contributed by atoms with van der Waals surface area (Å²) in [4.78, 5) is 46.9. The summed E-state index contributed by atoms with van der Waals surface area (Å²) in [6.07, 6.45) is 7.85. The number of ether oxygens (including phenoxy) is 5.